The van der Waals surface area contributed by atoms with Crippen LogP contribution < -0.4 is 0 Å². The normalized spacial score (nSPS) is 11.1. The molecule has 0 fully saturated rings. The largest absolute Gasteiger partial charge is 0.198 e. The van der Waals surface area contributed by atoms with Gasteiger partial charge < -0.3 is 0 Å². The first-order valence-electron chi connectivity index (χ1n) is 6.41. The first kappa shape index (κ1) is 12.3. The maximum Gasteiger partial charge on any atom is 0.198 e. The van der Waals surface area contributed by atoms with Crippen LogP contribution in [0, 0.1) is 6.92 Å². The average molecular weight is 262 g/mol. The first-order valence-corrected chi connectivity index (χ1v) is 6.41. The van der Waals surface area contributed by atoms with Gasteiger partial charge >= 0.3 is 0 Å². The predicted octanol–water partition coefficient (Wildman–Crippen LogP) is 3.14. The van der Waals surface area contributed by atoms with Crippen molar-refractivity contribution < 1.29 is 0 Å². The molecule has 0 radical (unpaired) electrons. The van der Waals surface area contributed by atoms with Gasteiger partial charge in [-0.15, -0.1) is 15.0 Å². The van der Waals surface area contributed by atoms with E-state index >= 15 is 0 Å². The lowest BCUT2D eigenvalue weighted by molar-refractivity contribution is 0.719. The van der Waals surface area contributed by atoms with Crippen molar-refractivity contribution in [2.24, 2.45) is 0 Å². The van der Waals surface area contributed by atoms with E-state index in [-0.39, 0.29) is 0 Å². The lowest BCUT2D eigenvalue weighted by Crippen LogP contribution is -1.98. The standard InChI is InChI=1S/C16H14N4/c1-13-6-5-9-15(12-13)20-18-16(17-19-20)11-10-14-7-3-2-4-8-14/h2-12H,1H3. The van der Waals surface area contributed by atoms with Gasteiger partial charge in [-0.05, 0) is 41.5 Å². The van der Waals surface area contributed by atoms with Gasteiger partial charge in [0.2, 0.25) is 0 Å². The molecule has 0 aliphatic heterocycles. The van der Waals surface area contributed by atoms with Gasteiger partial charge in [0.05, 0.1) is 5.69 Å². The molecule has 3 rings (SSSR count). The van der Waals surface area contributed by atoms with Crippen molar-refractivity contribution in [1.29, 1.82) is 0 Å². The lowest BCUT2D eigenvalue weighted by atomic mass is 10.2. The predicted molar refractivity (Wildman–Crippen MR) is 79.3 cm³/mol. The van der Waals surface area contributed by atoms with Gasteiger partial charge in [-0.2, -0.15) is 0 Å². The van der Waals surface area contributed by atoms with E-state index in [9.17, 15) is 0 Å². The smallest absolute Gasteiger partial charge is 0.131 e. The fraction of sp³-hybridized carbons (Fsp3) is 0.0625. The summed E-state index contributed by atoms with van der Waals surface area (Å²) in [6.07, 6.45) is 3.83. The molecule has 4 nitrogen and oxygen atoms in total. The Morgan fingerprint density at radius 2 is 1.80 bits per heavy atom. The summed E-state index contributed by atoms with van der Waals surface area (Å²) in [6, 6.07) is 18.0. The number of hydrogen-bond donors (Lipinski definition) is 0. The summed E-state index contributed by atoms with van der Waals surface area (Å²) >= 11 is 0. The molecule has 0 spiro atoms. The monoisotopic (exact) mass is 262 g/mol. The van der Waals surface area contributed by atoms with E-state index in [1.54, 1.807) is 0 Å². The van der Waals surface area contributed by atoms with E-state index in [1.165, 1.54) is 10.4 Å². The maximum absolute atomic E-state index is 4.34. The molecule has 0 unspecified atom stereocenters. The summed E-state index contributed by atoms with van der Waals surface area (Å²) in [7, 11) is 0. The Balaban J connectivity index is 1.82. The Morgan fingerprint density at radius 3 is 2.60 bits per heavy atom. The van der Waals surface area contributed by atoms with Crippen LogP contribution in [0.1, 0.15) is 17.0 Å². The van der Waals surface area contributed by atoms with Crippen LogP contribution >= 0.6 is 0 Å². The van der Waals surface area contributed by atoms with Gasteiger partial charge in [0.15, 0.2) is 5.82 Å². The van der Waals surface area contributed by atoms with Crippen molar-refractivity contribution in [3.05, 3.63) is 71.5 Å². The van der Waals surface area contributed by atoms with Gasteiger partial charge in [-0.25, -0.2) is 0 Å². The highest BCUT2D eigenvalue weighted by Gasteiger charge is 2.01. The van der Waals surface area contributed by atoms with Gasteiger partial charge in [0.25, 0.3) is 0 Å². The summed E-state index contributed by atoms with van der Waals surface area (Å²) in [5.74, 6) is 0.593. The van der Waals surface area contributed by atoms with Crippen molar-refractivity contribution in [3.63, 3.8) is 0 Å². The zero-order chi connectivity index (χ0) is 13.8. The molecule has 20 heavy (non-hydrogen) atoms. The number of benzene rings is 2. The summed E-state index contributed by atoms with van der Waals surface area (Å²) in [4.78, 5) is 1.54. The number of aromatic nitrogens is 4. The highest BCUT2D eigenvalue weighted by Crippen LogP contribution is 2.08. The van der Waals surface area contributed by atoms with Crippen LogP contribution in [-0.4, -0.2) is 20.2 Å². The molecule has 2 aromatic carbocycles. The molecule has 1 aromatic heterocycles. The van der Waals surface area contributed by atoms with Crippen LogP contribution in [0.2, 0.25) is 0 Å². The zero-order valence-electron chi connectivity index (χ0n) is 11.1. The minimum atomic E-state index is 0.593. The Hall–Kier alpha value is -2.75. The van der Waals surface area contributed by atoms with Crippen LogP contribution in [0.3, 0.4) is 0 Å². The summed E-state index contributed by atoms with van der Waals surface area (Å²) in [5.41, 5.74) is 3.19. The molecule has 3 aromatic rings. The fourth-order valence-electron chi connectivity index (χ4n) is 1.89. The minimum Gasteiger partial charge on any atom is -0.131 e. The van der Waals surface area contributed by atoms with E-state index in [0.717, 1.165) is 11.3 Å². The molecule has 0 aliphatic carbocycles. The van der Waals surface area contributed by atoms with Crippen LogP contribution in [0.25, 0.3) is 17.8 Å². The molecule has 0 atom stereocenters. The summed E-state index contributed by atoms with van der Waals surface area (Å²) < 4.78 is 0. The third-order valence-electron chi connectivity index (χ3n) is 2.89. The number of rotatable bonds is 3. The van der Waals surface area contributed by atoms with Crippen molar-refractivity contribution in [2.75, 3.05) is 0 Å². The number of tetrazole rings is 1. The highest BCUT2D eigenvalue weighted by atomic mass is 15.6. The fourth-order valence-corrected chi connectivity index (χ4v) is 1.89. The molecule has 0 N–H and O–H groups in total. The molecular formula is C16H14N4. The second-order valence-corrected chi connectivity index (χ2v) is 4.52. The van der Waals surface area contributed by atoms with Crippen LogP contribution in [0.4, 0.5) is 0 Å². The average Bonchev–Trinajstić information content (AvgIpc) is 2.95. The highest BCUT2D eigenvalue weighted by molar-refractivity contribution is 5.66. The second kappa shape index (κ2) is 5.48. The van der Waals surface area contributed by atoms with E-state index in [4.69, 9.17) is 0 Å². The topological polar surface area (TPSA) is 43.6 Å². The SMILES string of the molecule is Cc1cccc(-n2nnc(C=Cc3ccccc3)n2)c1. The lowest BCUT2D eigenvalue weighted by Gasteiger charge is -1.98. The van der Waals surface area contributed by atoms with Gasteiger partial charge in [-0.3, -0.25) is 0 Å². The molecule has 1 heterocycles. The number of aryl methyl sites for hydroxylation is 1. The van der Waals surface area contributed by atoms with Crippen molar-refractivity contribution in [2.45, 2.75) is 6.92 Å². The number of nitrogens with zero attached hydrogens (tertiary/aromatic N) is 4. The summed E-state index contributed by atoms with van der Waals surface area (Å²) in [6.45, 7) is 2.04. The van der Waals surface area contributed by atoms with Gasteiger partial charge in [0.1, 0.15) is 0 Å². The van der Waals surface area contributed by atoms with E-state index in [0.29, 0.717) is 5.82 Å². The Bertz CT molecular complexity index is 729. The van der Waals surface area contributed by atoms with Crippen molar-refractivity contribution in [1.82, 2.24) is 20.2 Å². The molecule has 0 saturated carbocycles. The molecule has 0 saturated heterocycles. The van der Waals surface area contributed by atoms with E-state index in [1.807, 2.05) is 73.7 Å². The Morgan fingerprint density at radius 1 is 0.950 bits per heavy atom. The van der Waals surface area contributed by atoms with Crippen molar-refractivity contribution >= 4 is 12.2 Å². The van der Waals surface area contributed by atoms with Crippen molar-refractivity contribution in [3.8, 4) is 5.69 Å². The van der Waals surface area contributed by atoms with Gasteiger partial charge in [-0.1, -0.05) is 48.5 Å². The van der Waals surface area contributed by atoms with E-state index in [2.05, 4.69) is 15.4 Å². The second-order valence-electron chi connectivity index (χ2n) is 4.52. The molecule has 0 amide bonds. The Labute approximate surface area is 117 Å². The zero-order valence-corrected chi connectivity index (χ0v) is 11.1. The maximum atomic E-state index is 4.34. The van der Waals surface area contributed by atoms with Crippen LogP contribution in [0.5, 0.6) is 0 Å². The molecule has 4 heteroatoms. The first-order chi connectivity index (χ1) is 9.81. The third kappa shape index (κ3) is 2.80. The molecule has 98 valence electrons. The quantitative estimate of drug-likeness (QED) is 0.728. The van der Waals surface area contributed by atoms with E-state index < -0.39 is 0 Å². The van der Waals surface area contributed by atoms with Crippen LogP contribution in [0.15, 0.2) is 54.6 Å². The third-order valence-corrected chi connectivity index (χ3v) is 2.89. The number of hydrogen-bond acceptors (Lipinski definition) is 3. The summed E-state index contributed by atoms with van der Waals surface area (Å²) in [5, 5.41) is 12.4. The van der Waals surface area contributed by atoms with Gasteiger partial charge in [0, 0.05) is 0 Å². The molecular weight excluding hydrogens is 248 g/mol. The molecule has 0 aliphatic rings. The molecule has 0 bridgehead atoms. The Kier molecular flexibility index (Phi) is 3.37. The minimum absolute atomic E-state index is 0.593. The van der Waals surface area contributed by atoms with Crippen LogP contribution in [-0.2, 0) is 0 Å².